The third-order valence-corrected chi connectivity index (χ3v) is 3.81. The number of phenolic OH excluding ortho intramolecular Hbond substituents is 1. The van der Waals surface area contributed by atoms with Crippen molar-refractivity contribution in [1.29, 1.82) is 0 Å². The molecule has 3 aromatic carbocycles. The molecule has 4 aromatic rings. The highest BCUT2D eigenvalue weighted by Gasteiger charge is 2.14. The molecule has 0 aliphatic carbocycles. The number of para-hydroxylation sites is 3. The Labute approximate surface area is 149 Å². The number of benzene rings is 3. The number of aromatic hydroxyl groups is 1. The smallest absolute Gasteiger partial charge is 0.323 e. The van der Waals surface area contributed by atoms with Gasteiger partial charge >= 0.3 is 6.03 Å². The maximum Gasteiger partial charge on any atom is 0.323 e. The average molecular weight is 345 g/mol. The summed E-state index contributed by atoms with van der Waals surface area (Å²) in [5, 5.41) is 15.6. The zero-order chi connectivity index (χ0) is 17.9. The van der Waals surface area contributed by atoms with Gasteiger partial charge in [0.15, 0.2) is 5.58 Å². The molecule has 0 aliphatic heterocycles. The second kappa shape index (κ2) is 6.60. The fraction of sp³-hybridized carbons (Fsp3) is 0. The van der Waals surface area contributed by atoms with Crippen LogP contribution in [0.2, 0.25) is 0 Å². The lowest BCUT2D eigenvalue weighted by atomic mass is 10.1. The minimum Gasteiger partial charge on any atom is -0.507 e. The monoisotopic (exact) mass is 345 g/mol. The second-order valence-corrected chi connectivity index (χ2v) is 5.66. The fourth-order valence-corrected chi connectivity index (χ4v) is 2.59. The molecule has 6 heteroatoms. The average Bonchev–Trinajstić information content (AvgIpc) is 3.08. The van der Waals surface area contributed by atoms with E-state index in [1.165, 1.54) is 6.07 Å². The second-order valence-electron chi connectivity index (χ2n) is 5.66. The van der Waals surface area contributed by atoms with Gasteiger partial charge < -0.3 is 20.2 Å². The highest BCUT2D eigenvalue weighted by molar-refractivity contribution is 6.00. The first-order valence-electron chi connectivity index (χ1n) is 8.01. The van der Waals surface area contributed by atoms with Gasteiger partial charge in [0.25, 0.3) is 0 Å². The molecule has 0 atom stereocenters. The number of carbonyl (C=O) groups excluding carboxylic acids is 1. The molecule has 0 unspecified atom stereocenters. The van der Waals surface area contributed by atoms with Crippen LogP contribution in [-0.4, -0.2) is 16.1 Å². The lowest BCUT2D eigenvalue weighted by Gasteiger charge is -2.09. The Hall–Kier alpha value is -3.80. The number of nitrogens with one attached hydrogen (secondary N) is 2. The van der Waals surface area contributed by atoms with E-state index in [0.717, 1.165) is 0 Å². The minimum absolute atomic E-state index is 0.0190. The minimum atomic E-state index is -0.384. The molecule has 4 rings (SSSR count). The maximum absolute atomic E-state index is 12.1. The Kier molecular flexibility index (Phi) is 3.99. The molecule has 0 bridgehead atoms. The highest BCUT2D eigenvalue weighted by Crippen LogP contribution is 2.33. The van der Waals surface area contributed by atoms with E-state index >= 15 is 0 Å². The van der Waals surface area contributed by atoms with Crippen LogP contribution in [0.3, 0.4) is 0 Å². The van der Waals surface area contributed by atoms with Crippen molar-refractivity contribution in [3.05, 3.63) is 72.8 Å². The zero-order valence-corrected chi connectivity index (χ0v) is 13.6. The molecule has 0 spiro atoms. The van der Waals surface area contributed by atoms with E-state index < -0.39 is 0 Å². The summed E-state index contributed by atoms with van der Waals surface area (Å²) in [7, 11) is 0. The first-order valence-corrected chi connectivity index (χ1v) is 8.01. The molecule has 0 saturated carbocycles. The summed E-state index contributed by atoms with van der Waals surface area (Å²) in [6.07, 6.45) is 0. The first kappa shape index (κ1) is 15.7. The van der Waals surface area contributed by atoms with Crippen molar-refractivity contribution >= 4 is 28.5 Å². The predicted octanol–water partition coefficient (Wildman–Crippen LogP) is 4.84. The normalized spacial score (nSPS) is 10.6. The van der Waals surface area contributed by atoms with Crippen LogP contribution in [0.15, 0.2) is 77.2 Å². The lowest BCUT2D eigenvalue weighted by molar-refractivity contribution is 0.262. The van der Waals surface area contributed by atoms with Crippen LogP contribution in [0, 0.1) is 0 Å². The van der Waals surface area contributed by atoms with Gasteiger partial charge in [-0.25, -0.2) is 9.78 Å². The van der Waals surface area contributed by atoms with E-state index in [9.17, 15) is 9.90 Å². The number of aromatic nitrogens is 1. The van der Waals surface area contributed by atoms with Crippen LogP contribution in [0.25, 0.3) is 22.6 Å². The van der Waals surface area contributed by atoms with E-state index in [2.05, 4.69) is 15.6 Å². The molecule has 1 heterocycles. The topological polar surface area (TPSA) is 87.4 Å². The van der Waals surface area contributed by atoms with Crippen molar-refractivity contribution in [2.75, 3.05) is 10.6 Å². The quantitative estimate of drug-likeness (QED) is 0.463. The number of rotatable bonds is 3. The van der Waals surface area contributed by atoms with Crippen LogP contribution in [0.4, 0.5) is 16.2 Å². The third kappa shape index (κ3) is 3.21. The van der Waals surface area contributed by atoms with E-state index in [0.29, 0.717) is 28.0 Å². The third-order valence-electron chi connectivity index (χ3n) is 3.81. The van der Waals surface area contributed by atoms with Gasteiger partial charge in [-0.2, -0.15) is 0 Å². The number of hydrogen-bond acceptors (Lipinski definition) is 4. The number of fused-ring (bicyclic) bond motifs is 1. The van der Waals surface area contributed by atoms with Crippen LogP contribution < -0.4 is 10.6 Å². The number of oxazole rings is 1. The van der Waals surface area contributed by atoms with Crippen LogP contribution in [0.1, 0.15) is 0 Å². The molecular formula is C20H15N3O3. The number of carbonyl (C=O) groups is 1. The molecule has 1 aromatic heterocycles. The number of anilines is 2. The Bertz CT molecular complexity index is 1040. The summed E-state index contributed by atoms with van der Waals surface area (Å²) in [5.74, 6) is 0.307. The number of hydrogen-bond donors (Lipinski definition) is 3. The van der Waals surface area contributed by atoms with Crippen molar-refractivity contribution in [2.24, 2.45) is 0 Å². The molecule has 3 N–H and O–H groups in total. The van der Waals surface area contributed by atoms with Crippen molar-refractivity contribution in [3.63, 3.8) is 0 Å². The maximum atomic E-state index is 12.1. The summed E-state index contributed by atoms with van der Waals surface area (Å²) >= 11 is 0. The van der Waals surface area contributed by atoms with E-state index in [1.807, 2.05) is 36.4 Å². The molecule has 0 fully saturated rings. The molecule has 26 heavy (non-hydrogen) atoms. The van der Waals surface area contributed by atoms with Gasteiger partial charge in [-0.3, -0.25) is 0 Å². The van der Waals surface area contributed by atoms with Crippen molar-refractivity contribution < 1.29 is 14.3 Å². The van der Waals surface area contributed by atoms with Gasteiger partial charge in [-0.15, -0.1) is 0 Å². The van der Waals surface area contributed by atoms with Gasteiger partial charge in [-0.05, 0) is 42.5 Å². The van der Waals surface area contributed by atoms with Gasteiger partial charge in [-0.1, -0.05) is 30.3 Å². The van der Waals surface area contributed by atoms with Crippen molar-refractivity contribution in [2.45, 2.75) is 0 Å². The van der Waals surface area contributed by atoms with E-state index in [-0.39, 0.29) is 17.7 Å². The summed E-state index contributed by atoms with van der Waals surface area (Å²) in [4.78, 5) is 16.5. The van der Waals surface area contributed by atoms with Gasteiger partial charge in [0.2, 0.25) is 5.89 Å². The van der Waals surface area contributed by atoms with Crippen LogP contribution in [-0.2, 0) is 0 Å². The number of amides is 2. The van der Waals surface area contributed by atoms with E-state index in [4.69, 9.17) is 4.42 Å². The zero-order valence-electron chi connectivity index (χ0n) is 13.6. The van der Waals surface area contributed by atoms with Crippen LogP contribution in [0.5, 0.6) is 5.75 Å². The summed E-state index contributed by atoms with van der Waals surface area (Å²) in [5.41, 5.74) is 2.92. The highest BCUT2D eigenvalue weighted by atomic mass is 16.3. The summed E-state index contributed by atoms with van der Waals surface area (Å²) in [6.45, 7) is 0. The Morgan fingerprint density at radius 1 is 0.885 bits per heavy atom. The predicted molar refractivity (Wildman–Crippen MR) is 100 cm³/mol. The fourth-order valence-electron chi connectivity index (χ4n) is 2.59. The van der Waals surface area contributed by atoms with Gasteiger partial charge in [0.05, 0.1) is 5.56 Å². The summed E-state index contributed by atoms with van der Waals surface area (Å²) in [6, 6.07) is 20.8. The summed E-state index contributed by atoms with van der Waals surface area (Å²) < 4.78 is 5.69. The first-order chi connectivity index (χ1) is 12.7. The molecule has 0 aliphatic rings. The SMILES string of the molecule is O=C(Nc1ccccc1)Nc1ccc(O)c(-c2nc3ccccc3o2)c1. The number of phenols is 1. The number of nitrogens with zero attached hydrogens (tertiary/aromatic N) is 1. The molecule has 0 radical (unpaired) electrons. The van der Waals surface area contributed by atoms with Crippen LogP contribution >= 0.6 is 0 Å². The molecule has 128 valence electrons. The molecular weight excluding hydrogens is 330 g/mol. The Morgan fingerprint density at radius 2 is 1.62 bits per heavy atom. The molecule has 6 nitrogen and oxygen atoms in total. The lowest BCUT2D eigenvalue weighted by Crippen LogP contribution is -2.19. The van der Waals surface area contributed by atoms with Crippen molar-refractivity contribution in [1.82, 2.24) is 4.98 Å². The largest absolute Gasteiger partial charge is 0.507 e. The molecule has 2 amide bonds. The molecule has 0 saturated heterocycles. The van der Waals surface area contributed by atoms with Gasteiger partial charge in [0, 0.05) is 11.4 Å². The number of urea groups is 1. The van der Waals surface area contributed by atoms with Gasteiger partial charge in [0.1, 0.15) is 11.3 Å². The van der Waals surface area contributed by atoms with E-state index in [1.54, 1.807) is 30.3 Å². The Morgan fingerprint density at radius 3 is 2.42 bits per heavy atom. The standard InChI is InChI=1S/C20H15N3O3/c24-17-11-10-14(22-20(25)21-13-6-2-1-3-7-13)12-15(17)19-23-16-8-4-5-9-18(16)26-19/h1-12,24H,(H2,21,22,25). The Balaban J connectivity index is 1.59. The van der Waals surface area contributed by atoms with Crippen molar-refractivity contribution in [3.8, 4) is 17.2 Å².